The molecule has 0 spiro atoms. The van der Waals surface area contributed by atoms with Crippen LogP contribution in [0.5, 0.6) is 5.75 Å². The Labute approximate surface area is 147 Å². The summed E-state index contributed by atoms with van der Waals surface area (Å²) in [5.74, 6) is 0.686. The summed E-state index contributed by atoms with van der Waals surface area (Å²) < 4.78 is 32.5. The molecule has 0 atom stereocenters. The normalized spacial score (nSPS) is 13.4. The smallest absolute Gasteiger partial charge is 0.240 e. The van der Waals surface area contributed by atoms with Gasteiger partial charge in [-0.1, -0.05) is 12.1 Å². The van der Waals surface area contributed by atoms with Crippen LogP contribution in [0.4, 0.5) is 5.69 Å². The van der Waals surface area contributed by atoms with E-state index in [0.717, 1.165) is 17.7 Å². The van der Waals surface area contributed by atoms with Crippen LogP contribution in [-0.2, 0) is 27.7 Å². The fourth-order valence-electron chi connectivity index (χ4n) is 2.75. The van der Waals surface area contributed by atoms with Gasteiger partial charge in [0.1, 0.15) is 5.75 Å². The van der Waals surface area contributed by atoms with Crippen LogP contribution in [0, 0.1) is 0 Å². The van der Waals surface area contributed by atoms with Crippen molar-refractivity contribution in [1.29, 1.82) is 0 Å². The molecule has 0 unspecified atom stereocenters. The molecule has 6 nitrogen and oxygen atoms in total. The Morgan fingerprint density at radius 1 is 1.16 bits per heavy atom. The highest BCUT2D eigenvalue weighted by Gasteiger charge is 2.21. The maximum Gasteiger partial charge on any atom is 0.240 e. The molecule has 0 saturated carbocycles. The molecule has 2 N–H and O–H groups in total. The molecule has 1 aliphatic rings. The largest absolute Gasteiger partial charge is 0.497 e. The third-order valence-corrected chi connectivity index (χ3v) is 5.56. The number of carbonyl (C=O) groups excluding carboxylic acids is 1. The zero-order chi connectivity index (χ0) is 17.9. The van der Waals surface area contributed by atoms with Gasteiger partial charge < -0.3 is 10.1 Å². The van der Waals surface area contributed by atoms with Gasteiger partial charge in [-0.05, 0) is 54.3 Å². The van der Waals surface area contributed by atoms with Crippen LogP contribution in [-0.4, -0.2) is 28.0 Å². The Morgan fingerprint density at radius 3 is 2.64 bits per heavy atom. The first-order chi connectivity index (χ1) is 12.0. The summed E-state index contributed by atoms with van der Waals surface area (Å²) in [5, 5.41) is 2.69. The fourth-order valence-corrected chi connectivity index (χ4v) is 3.87. The van der Waals surface area contributed by atoms with Gasteiger partial charge in [-0.3, -0.25) is 4.79 Å². The van der Waals surface area contributed by atoms with E-state index in [2.05, 4.69) is 10.0 Å². The van der Waals surface area contributed by atoms with Gasteiger partial charge in [-0.15, -0.1) is 0 Å². The van der Waals surface area contributed by atoms with Crippen molar-refractivity contribution in [3.8, 4) is 5.75 Å². The van der Waals surface area contributed by atoms with Gasteiger partial charge in [0.2, 0.25) is 15.9 Å². The van der Waals surface area contributed by atoms with Crippen LogP contribution >= 0.6 is 0 Å². The van der Waals surface area contributed by atoms with Gasteiger partial charge in [0.25, 0.3) is 0 Å². The van der Waals surface area contributed by atoms with E-state index >= 15 is 0 Å². The second-order valence-corrected chi connectivity index (χ2v) is 7.66. The Morgan fingerprint density at radius 2 is 1.92 bits per heavy atom. The molecular formula is C18H20N2O4S. The quantitative estimate of drug-likeness (QED) is 0.741. The highest BCUT2D eigenvalue weighted by Crippen LogP contribution is 2.25. The predicted molar refractivity (Wildman–Crippen MR) is 95.3 cm³/mol. The number of carbonyl (C=O) groups is 1. The maximum atomic E-state index is 12.4. The van der Waals surface area contributed by atoms with E-state index in [1.165, 1.54) is 6.07 Å². The number of fused-ring (bicyclic) bond motifs is 1. The summed E-state index contributed by atoms with van der Waals surface area (Å²) in [5.41, 5.74) is 2.52. The molecule has 0 bridgehead atoms. The van der Waals surface area contributed by atoms with E-state index in [1.807, 2.05) is 24.3 Å². The Kier molecular flexibility index (Phi) is 5.06. The molecule has 132 valence electrons. The minimum Gasteiger partial charge on any atom is -0.497 e. The monoisotopic (exact) mass is 360 g/mol. The lowest BCUT2D eigenvalue weighted by Crippen LogP contribution is -2.25. The number of hydrogen-bond acceptors (Lipinski definition) is 4. The van der Waals surface area contributed by atoms with Gasteiger partial charge >= 0.3 is 0 Å². The Balaban J connectivity index is 1.55. The highest BCUT2D eigenvalue weighted by molar-refractivity contribution is 7.89. The number of methoxy groups -OCH3 is 1. The molecule has 0 radical (unpaired) electrons. The zero-order valence-corrected chi connectivity index (χ0v) is 14.7. The van der Waals surface area contributed by atoms with Crippen LogP contribution in [0.25, 0.3) is 0 Å². The van der Waals surface area contributed by atoms with Crippen molar-refractivity contribution in [3.63, 3.8) is 0 Å². The van der Waals surface area contributed by atoms with Gasteiger partial charge in [0, 0.05) is 12.2 Å². The number of rotatable bonds is 7. The first-order valence-corrected chi connectivity index (χ1v) is 9.51. The van der Waals surface area contributed by atoms with Gasteiger partial charge in [0.05, 0.1) is 18.4 Å². The zero-order valence-electron chi connectivity index (χ0n) is 13.9. The van der Waals surface area contributed by atoms with Crippen LogP contribution in [0.15, 0.2) is 47.4 Å². The average Bonchev–Trinajstić information content (AvgIpc) is 2.98. The second kappa shape index (κ2) is 7.25. The van der Waals surface area contributed by atoms with E-state index in [-0.39, 0.29) is 17.2 Å². The molecule has 1 aliphatic heterocycles. The van der Waals surface area contributed by atoms with Crippen molar-refractivity contribution in [2.75, 3.05) is 19.0 Å². The Hall–Kier alpha value is -2.38. The van der Waals surface area contributed by atoms with Gasteiger partial charge in [-0.25, -0.2) is 13.1 Å². The molecule has 1 amide bonds. The number of ether oxygens (including phenoxy) is 1. The second-order valence-electron chi connectivity index (χ2n) is 5.89. The summed E-state index contributed by atoms with van der Waals surface area (Å²) in [6.07, 6.45) is 1.68. The van der Waals surface area contributed by atoms with Crippen molar-refractivity contribution >= 4 is 21.6 Å². The van der Waals surface area contributed by atoms with Crippen LogP contribution < -0.4 is 14.8 Å². The number of aryl methyl sites for hydroxylation is 1. The molecule has 0 aromatic heterocycles. The number of hydrogen-bond donors (Lipinski definition) is 2. The summed E-state index contributed by atoms with van der Waals surface area (Å²) in [4.78, 5) is 11.6. The van der Waals surface area contributed by atoms with Crippen molar-refractivity contribution in [2.45, 2.75) is 24.2 Å². The molecule has 0 aliphatic carbocycles. The number of anilines is 1. The van der Waals surface area contributed by atoms with E-state index in [4.69, 9.17) is 4.74 Å². The molecule has 25 heavy (non-hydrogen) atoms. The van der Waals surface area contributed by atoms with Gasteiger partial charge in [-0.2, -0.15) is 0 Å². The molecule has 1 heterocycles. The average molecular weight is 360 g/mol. The van der Waals surface area contributed by atoms with E-state index in [9.17, 15) is 13.2 Å². The van der Waals surface area contributed by atoms with Gasteiger partial charge in [0.15, 0.2) is 0 Å². The number of sulfonamides is 1. The van der Waals surface area contributed by atoms with Crippen LogP contribution in [0.2, 0.25) is 0 Å². The maximum absolute atomic E-state index is 12.4. The molecule has 0 fully saturated rings. The van der Waals surface area contributed by atoms with Crippen LogP contribution in [0.3, 0.4) is 0 Å². The minimum absolute atomic E-state index is 0.114. The molecule has 2 aromatic carbocycles. The number of benzene rings is 2. The fraction of sp³-hybridized carbons (Fsp3) is 0.278. The standard InChI is InChI=1S/C18H20N2O4S/c1-24-15-6-4-13(5-7-15)3-2-10-19-25(22,23)16-8-9-17-14(11-16)12-18(21)20-17/h4-9,11,19H,2-3,10,12H2,1H3,(H,20,21). The molecule has 3 rings (SSSR count). The molecular weight excluding hydrogens is 340 g/mol. The van der Waals surface area contributed by atoms with Crippen LogP contribution in [0.1, 0.15) is 17.5 Å². The lowest BCUT2D eigenvalue weighted by Gasteiger charge is -2.08. The van der Waals surface area contributed by atoms with Crippen molar-refractivity contribution in [3.05, 3.63) is 53.6 Å². The third kappa shape index (κ3) is 4.18. The lowest BCUT2D eigenvalue weighted by molar-refractivity contribution is -0.115. The van der Waals surface area contributed by atoms with E-state index in [1.54, 1.807) is 19.2 Å². The van der Waals surface area contributed by atoms with Crippen molar-refractivity contribution < 1.29 is 17.9 Å². The first kappa shape index (κ1) is 17.4. The van der Waals surface area contributed by atoms with E-state index in [0.29, 0.717) is 24.2 Å². The molecule has 7 heteroatoms. The lowest BCUT2D eigenvalue weighted by atomic mass is 10.1. The van der Waals surface area contributed by atoms with Crippen molar-refractivity contribution in [2.24, 2.45) is 0 Å². The summed E-state index contributed by atoms with van der Waals surface area (Å²) >= 11 is 0. The summed E-state index contributed by atoms with van der Waals surface area (Å²) in [6.45, 7) is 0.350. The summed E-state index contributed by atoms with van der Waals surface area (Å²) in [6, 6.07) is 12.4. The van der Waals surface area contributed by atoms with Crippen molar-refractivity contribution in [1.82, 2.24) is 4.72 Å². The highest BCUT2D eigenvalue weighted by atomic mass is 32.2. The minimum atomic E-state index is -3.57. The molecule has 0 saturated heterocycles. The Bertz CT molecular complexity index is 876. The van der Waals surface area contributed by atoms with E-state index < -0.39 is 10.0 Å². The topological polar surface area (TPSA) is 84.5 Å². The summed E-state index contributed by atoms with van der Waals surface area (Å²) in [7, 11) is -1.95. The predicted octanol–water partition coefficient (Wildman–Crippen LogP) is 2.10. The third-order valence-electron chi connectivity index (χ3n) is 4.11. The molecule has 2 aromatic rings. The first-order valence-electron chi connectivity index (χ1n) is 8.03. The number of amides is 1. The number of nitrogens with one attached hydrogen (secondary N) is 2. The SMILES string of the molecule is COc1ccc(CCCNS(=O)(=O)c2ccc3c(c2)CC(=O)N3)cc1.